The Bertz CT molecular complexity index is 1060. The van der Waals surface area contributed by atoms with Gasteiger partial charge in [-0.25, -0.2) is 14.2 Å². The fraction of sp³-hybridized carbons (Fsp3) is 0.0435. The molecule has 1 aliphatic rings. The summed E-state index contributed by atoms with van der Waals surface area (Å²) in [7, 11) is 0. The average Bonchev–Trinajstić information content (AvgIpc) is 3.09. The Labute approximate surface area is 161 Å². The van der Waals surface area contributed by atoms with E-state index >= 15 is 0 Å². The first-order chi connectivity index (χ1) is 13.7. The van der Waals surface area contributed by atoms with Gasteiger partial charge in [0.1, 0.15) is 18.2 Å². The molecule has 138 valence electrons. The summed E-state index contributed by atoms with van der Waals surface area (Å²) in [5.74, 6) is -0.161. The van der Waals surface area contributed by atoms with Crippen molar-refractivity contribution in [3.8, 4) is 5.75 Å². The van der Waals surface area contributed by atoms with E-state index in [9.17, 15) is 9.18 Å². The van der Waals surface area contributed by atoms with E-state index in [2.05, 4.69) is 4.99 Å². The summed E-state index contributed by atoms with van der Waals surface area (Å²) in [6, 6.07) is 23.0. The molecule has 0 fully saturated rings. The molecule has 0 radical (unpaired) electrons. The van der Waals surface area contributed by atoms with Gasteiger partial charge in [0.05, 0.1) is 0 Å². The fourth-order valence-electron chi connectivity index (χ4n) is 2.71. The molecule has 3 aromatic rings. The fourth-order valence-corrected chi connectivity index (χ4v) is 2.71. The summed E-state index contributed by atoms with van der Waals surface area (Å²) >= 11 is 0. The highest BCUT2D eigenvalue weighted by Gasteiger charge is 2.24. The normalized spacial score (nSPS) is 14.7. The van der Waals surface area contributed by atoms with Crippen LogP contribution in [0.4, 0.5) is 4.39 Å². The molecule has 0 saturated carbocycles. The summed E-state index contributed by atoms with van der Waals surface area (Å²) in [5.41, 5.74) is 2.45. The minimum absolute atomic E-state index is 0.0959. The molecular weight excluding hydrogens is 357 g/mol. The monoisotopic (exact) mass is 373 g/mol. The Morgan fingerprint density at radius 1 is 0.964 bits per heavy atom. The second-order valence-corrected chi connectivity index (χ2v) is 6.19. The van der Waals surface area contributed by atoms with Crippen LogP contribution in [0.2, 0.25) is 0 Å². The predicted molar refractivity (Wildman–Crippen MR) is 104 cm³/mol. The molecule has 28 heavy (non-hydrogen) atoms. The van der Waals surface area contributed by atoms with E-state index in [4.69, 9.17) is 9.47 Å². The molecule has 0 saturated heterocycles. The number of ether oxygens (including phenoxy) is 2. The lowest BCUT2D eigenvalue weighted by molar-refractivity contribution is -0.129. The summed E-state index contributed by atoms with van der Waals surface area (Å²) in [4.78, 5) is 16.2. The van der Waals surface area contributed by atoms with Crippen molar-refractivity contribution in [1.82, 2.24) is 0 Å². The molecule has 1 heterocycles. The molecule has 5 heteroatoms. The number of hydrogen-bond acceptors (Lipinski definition) is 4. The first-order valence-corrected chi connectivity index (χ1v) is 8.73. The minimum Gasteiger partial charge on any atom is -0.489 e. The van der Waals surface area contributed by atoms with Gasteiger partial charge in [0.25, 0.3) is 0 Å². The molecule has 4 nitrogen and oxygen atoms in total. The lowest BCUT2D eigenvalue weighted by Crippen LogP contribution is -2.05. The number of carbonyl (C=O) groups excluding carboxylic acids is 1. The quantitative estimate of drug-likeness (QED) is 0.479. The Balaban J connectivity index is 1.47. The molecular formula is C23H16FNO3. The van der Waals surface area contributed by atoms with Gasteiger partial charge in [0.2, 0.25) is 5.90 Å². The summed E-state index contributed by atoms with van der Waals surface area (Å²) < 4.78 is 24.2. The zero-order chi connectivity index (χ0) is 19.3. The van der Waals surface area contributed by atoms with Crippen molar-refractivity contribution in [3.63, 3.8) is 0 Å². The minimum atomic E-state index is -0.566. The number of aliphatic imine (C=N–C) groups is 1. The molecule has 0 atom stereocenters. The van der Waals surface area contributed by atoms with Gasteiger partial charge in [-0.3, -0.25) is 0 Å². The van der Waals surface area contributed by atoms with E-state index in [1.807, 2.05) is 54.6 Å². The average molecular weight is 373 g/mol. The topological polar surface area (TPSA) is 47.9 Å². The van der Waals surface area contributed by atoms with E-state index < -0.39 is 11.8 Å². The maximum atomic E-state index is 13.3. The van der Waals surface area contributed by atoms with E-state index in [1.165, 1.54) is 18.2 Å². The van der Waals surface area contributed by atoms with Gasteiger partial charge < -0.3 is 9.47 Å². The maximum absolute atomic E-state index is 13.3. The first-order valence-electron chi connectivity index (χ1n) is 8.73. The van der Waals surface area contributed by atoms with Gasteiger partial charge in [0.15, 0.2) is 5.70 Å². The Kier molecular flexibility index (Phi) is 4.97. The zero-order valence-corrected chi connectivity index (χ0v) is 14.8. The van der Waals surface area contributed by atoms with Crippen LogP contribution in [0.3, 0.4) is 0 Å². The van der Waals surface area contributed by atoms with E-state index in [1.54, 1.807) is 12.1 Å². The second kappa shape index (κ2) is 7.88. The van der Waals surface area contributed by atoms with E-state index in [-0.39, 0.29) is 11.6 Å². The molecule has 0 unspecified atom stereocenters. The van der Waals surface area contributed by atoms with Gasteiger partial charge in [-0.05, 0) is 47.5 Å². The summed E-state index contributed by atoms with van der Waals surface area (Å²) in [6.45, 7) is 0.481. The Morgan fingerprint density at radius 2 is 1.75 bits per heavy atom. The highest BCUT2D eigenvalue weighted by Crippen LogP contribution is 2.21. The molecule has 3 aromatic carbocycles. The third-order valence-electron chi connectivity index (χ3n) is 4.12. The molecule has 0 spiro atoms. The van der Waals surface area contributed by atoms with Gasteiger partial charge >= 0.3 is 5.97 Å². The van der Waals surface area contributed by atoms with Crippen molar-refractivity contribution in [1.29, 1.82) is 0 Å². The first kappa shape index (κ1) is 17.7. The number of nitrogens with zero attached hydrogens (tertiary/aromatic N) is 1. The SMILES string of the molecule is O=C1OC(c2cccc(F)c2)=N/C1=C\c1ccc(OCc2ccccc2)cc1. The van der Waals surface area contributed by atoms with Gasteiger partial charge in [-0.2, -0.15) is 0 Å². The van der Waals surface area contributed by atoms with Crippen molar-refractivity contribution >= 4 is 17.9 Å². The molecule has 0 aromatic heterocycles. The van der Waals surface area contributed by atoms with Crippen LogP contribution in [0.1, 0.15) is 16.7 Å². The van der Waals surface area contributed by atoms with Crippen LogP contribution in [-0.2, 0) is 16.1 Å². The number of hydrogen-bond donors (Lipinski definition) is 0. The number of cyclic esters (lactones) is 1. The molecule has 1 aliphatic heterocycles. The van der Waals surface area contributed by atoms with Crippen LogP contribution in [0.5, 0.6) is 5.75 Å². The van der Waals surface area contributed by atoms with Gasteiger partial charge in [0, 0.05) is 5.56 Å². The van der Waals surface area contributed by atoms with Gasteiger partial charge in [-0.1, -0.05) is 48.5 Å². The van der Waals surface area contributed by atoms with Crippen LogP contribution < -0.4 is 4.74 Å². The largest absolute Gasteiger partial charge is 0.489 e. The predicted octanol–water partition coefficient (Wildman–Crippen LogP) is 4.75. The zero-order valence-electron chi connectivity index (χ0n) is 14.8. The number of benzene rings is 3. The third kappa shape index (κ3) is 4.15. The third-order valence-corrected chi connectivity index (χ3v) is 4.12. The molecule has 4 rings (SSSR count). The van der Waals surface area contributed by atoms with Crippen LogP contribution in [0.25, 0.3) is 6.08 Å². The lowest BCUT2D eigenvalue weighted by Gasteiger charge is -2.06. The summed E-state index contributed by atoms with van der Waals surface area (Å²) in [6.07, 6.45) is 1.62. The highest BCUT2D eigenvalue weighted by molar-refractivity contribution is 6.12. The van der Waals surface area contributed by atoms with E-state index in [0.29, 0.717) is 12.2 Å². The van der Waals surface area contributed by atoms with Crippen LogP contribution in [0, 0.1) is 5.82 Å². The van der Waals surface area contributed by atoms with Crippen molar-refractivity contribution < 1.29 is 18.7 Å². The smallest absolute Gasteiger partial charge is 0.363 e. The molecule has 0 bridgehead atoms. The van der Waals surface area contributed by atoms with Crippen molar-refractivity contribution in [2.45, 2.75) is 6.61 Å². The molecule has 0 aliphatic carbocycles. The van der Waals surface area contributed by atoms with Crippen LogP contribution in [0.15, 0.2) is 89.6 Å². The molecule has 0 amide bonds. The Morgan fingerprint density at radius 3 is 2.50 bits per heavy atom. The summed E-state index contributed by atoms with van der Waals surface area (Å²) in [5, 5.41) is 0. The Hall–Kier alpha value is -3.73. The van der Waals surface area contributed by atoms with Crippen molar-refractivity contribution in [3.05, 3.63) is 107 Å². The number of esters is 1. The standard InChI is InChI=1S/C23H16FNO3/c24-19-8-4-7-18(14-19)22-25-21(23(26)28-22)13-16-9-11-20(12-10-16)27-15-17-5-2-1-3-6-17/h1-14H,15H2/b21-13-. The maximum Gasteiger partial charge on any atom is 0.363 e. The number of halogens is 1. The second-order valence-electron chi connectivity index (χ2n) is 6.19. The van der Waals surface area contributed by atoms with E-state index in [0.717, 1.165) is 16.9 Å². The number of carbonyl (C=O) groups is 1. The van der Waals surface area contributed by atoms with Crippen molar-refractivity contribution in [2.75, 3.05) is 0 Å². The lowest BCUT2D eigenvalue weighted by atomic mass is 10.2. The molecule has 0 N–H and O–H groups in total. The van der Waals surface area contributed by atoms with Crippen LogP contribution >= 0.6 is 0 Å². The van der Waals surface area contributed by atoms with Crippen LogP contribution in [-0.4, -0.2) is 11.9 Å². The van der Waals surface area contributed by atoms with Gasteiger partial charge in [-0.15, -0.1) is 0 Å². The highest BCUT2D eigenvalue weighted by atomic mass is 19.1. The number of rotatable bonds is 5. The van der Waals surface area contributed by atoms with Crippen molar-refractivity contribution in [2.24, 2.45) is 4.99 Å².